The van der Waals surface area contributed by atoms with Crippen LogP contribution in [0.5, 0.6) is 0 Å². The van der Waals surface area contributed by atoms with E-state index < -0.39 is 24.2 Å². The average Bonchev–Trinajstić information content (AvgIpc) is 3.71. The number of para-hydroxylation sites is 2. The molecule has 4 nitrogen and oxygen atoms in total. The molecule has 2 heterocycles. The second kappa shape index (κ2) is 13.8. The maximum Gasteiger partial charge on any atom is 0.164 e. The van der Waals surface area contributed by atoms with Crippen LogP contribution in [0.15, 0.2) is 206 Å². The molecule has 0 aliphatic carbocycles. The molecule has 8 aromatic carbocycles. The Bertz CT molecular complexity index is 3280. The Morgan fingerprint density at radius 1 is 0.327 bits per heavy atom. The lowest BCUT2D eigenvalue weighted by Crippen LogP contribution is -2.00. The molecule has 4 heteroatoms. The summed E-state index contributed by atoms with van der Waals surface area (Å²) in [7, 11) is 0. The second-order valence-corrected chi connectivity index (χ2v) is 13.1. The average molecular weight is 711 g/mol. The smallest absolute Gasteiger partial charge is 0.164 e. The fourth-order valence-electron chi connectivity index (χ4n) is 7.01. The molecule has 0 saturated heterocycles. The van der Waals surface area contributed by atoms with Crippen LogP contribution in [0.1, 0.15) is 11.0 Å². The molecular formula is C51H34N4. The minimum absolute atomic E-state index is 0.0333. The standard InChI is InChI=1S/C51H34N4/c1-4-15-35(16-5-1)42-32-43(34-44(33-42)55-47-25-12-10-23-45(47)46-24-11-13-26-48(46)55)37-29-27-36(28-30-37)40-21-14-22-41(31-40)51-53-49(38-17-6-2-7-18-38)52-50(54-51)39-19-8-3-9-20-39/h1-34H/i10D,11D,12D,13D,23D,24D,25D,26D. The highest BCUT2D eigenvalue weighted by atomic mass is 15.0. The number of hydrogen-bond acceptors (Lipinski definition) is 3. The molecule has 10 rings (SSSR count). The topological polar surface area (TPSA) is 43.6 Å². The monoisotopic (exact) mass is 710 g/mol. The predicted octanol–water partition coefficient (Wildman–Crippen LogP) is 13.0. The van der Waals surface area contributed by atoms with Gasteiger partial charge in [0, 0.05) is 33.2 Å². The van der Waals surface area contributed by atoms with Crippen LogP contribution < -0.4 is 0 Å². The molecule has 0 saturated carbocycles. The van der Waals surface area contributed by atoms with Gasteiger partial charge in [0.1, 0.15) is 0 Å². The summed E-state index contributed by atoms with van der Waals surface area (Å²) in [6, 6.07) is 48.1. The van der Waals surface area contributed by atoms with E-state index in [4.69, 9.17) is 25.9 Å². The van der Waals surface area contributed by atoms with E-state index in [0.717, 1.165) is 50.1 Å². The number of benzene rings is 8. The van der Waals surface area contributed by atoms with Crippen LogP contribution >= 0.6 is 0 Å². The van der Waals surface area contributed by atoms with Crippen molar-refractivity contribution in [2.24, 2.45) is 0 Å². The van der Waals surface area contributed by atoms with Gasteiger partial charge in [-0.05, 0) is 69.7 Å². The van der Waals surface area contributed by atoms with Gasteiger partial charge in [0.25, 0.3) is 0 Å². The highest BCUT2D eigenvalue weighted by molar-refractivity contribution is 6.09. The number of fused-ring (bicyclic) bond motifs is 3. The van der Waals surface area contributed by atoms with Crippen LogP contribution in [-0.4, -0.2) is 19.5 Å². The molecule has 0 spiro atoms. The molecule has 0 aliphatic heterocycles. The van der Waals surface area contributed by atoms with Gasteiger partial charge in [0.2, 0.25) is 0 Å². The molecule has 0 fully saturated rings. The lowest BCUT2D eigenvalue weighted by molar-refractivity contribution is 1.07. The summed E-state index contributed by atoms with van der Waals surface area (Å²) in [4.78, 5) is 14.7. The van der Waals surface area contributed by atoms with Gasteiger partial charge in [-0.3, -0.25) is 0 Å². The zero-order chi connectivity index (χ0) is 43.5. The first kappa shape index (κ1) is 24.7. The molecule has 55 heavy (non-hydrogen) atoms. The summed E-state index contributed by atoms with van der Waals surface area (Å²) in [5, 5.41) is 0.0667. The molecular weight excluding hydrogens is 669 g/mol. The summed E-state index contributed by atoms with van der Waals surface area (Å²) in [6.45, 7) is 0. The first-order chi connectivity index (χ1) is 30.6. The third kappa shape index (κ3) is 6.16. The van der Waals surface area contributed by atoms with Crippen molar-refractivity contribution < 1.29 is 11.0 Å². The van der Waals surface area contributed by atoms with E-state index in [2.05, 4.69) is 6.07 Å². The van der Waals surface area contributed by atoms with Crippen LogP contribution in [-0.2, 0) is 0 Å². The molecule has 0 atom stereocenters. The largest absolute Gasteiger partial charge is 0.309 e. The summed E-state index contributed by atoms with van der Waals surface area (Å²) in [6.07, 6.45) is 0. The van der Waals surface area contributed by atoms with E-state index >= 15 is 0 Å². The van der Waals surface area contributed by atoms with Crippen LogP contribution in [0.4, 0.5) is 0 Å². The number of hydrogen-bond donors (Lipinski definition) is 0. The fourth-order valence-corrected chi connectivity index (χ4v) is 7.01. The Morgan fingerprint density at radius 3 is 1.24 bits per heavy atom. The normalized spacial score (nSPS) is 13.3. The number of aromatic nitrogens is 4. The Hall–Kier alpha value is -7.43. The highest BCUT2D eigenvalue weighted by Gasteiger charge is 2.16. The van der Waals surface area contributed by atoms with E-state index in [9.17, 15) is 0 Å². The minimum atomic E-state index is -0.481. The van der Waals surface area contributed by atoms with Gasteiger partial charge in [0.15, 0.2) is 17.5 Å². The van der Waals surface area contributed by atoms with Crippen LogP contribution in [0, 0.1) is 0 Å². The lowest BCUT2D eigenvalue weighted by Gasteiger charge is -2.14. The van der Waals surface area contributed by atoms with Crippen molar-refractivity contribution in [1.29, 1.82) is 0 Å². The molecule has 0 amide bonds. The third-order valence-electron chi connectivity index (χ3n) is 9.69. The molecule has 0 radical (unpaired) electrons. The first-order valence-corrected chi connectivity index (χ1v) is 17.9. The Balaban J connectivity index is 1.11. The van der Waals surface area contributed by atoms with E-state index in [1.807, 2.05) is 152 Å². The van der Waals surface area contributed by atoms with Gasteiger partial charge >= 0.3 is 0 Å². The molecule has 2 aromatic heterocycles. The second-order valence-electron chi connectivity index (χ2n) is 13.1. The Morgan fingerprint density at radius 2 is 0.709 bits per heavy atom. The minimum Gasteiger partial charge on any atom is -0.309 e. The number of nitrogens with zero attached hydrogens (tertiary/aromatic N) is 4. The summed E-state index contributed by atoms with van der Waals surface area (Å²) < 4.78 is 71.7. The van der Waals surface area contributed by atoms with Crippen molar-refractivity contribution in [3.05, 3.63) is 206 Å². The predicted molar refractivity (Wildman–Crippen MR) is 227 cm³/mol. The van der Waals surface area contributed by atoms with Crippen LogP contribution in [0.2, 0.25) is 0 Å². The van der Waals surface area contributed by atoms with Gasteiger partial charge in [0.05, 0.1) is 22.0 Å². The van der Waals surface area contributed by atoms with Crippen molar-refractivity contribution in [3.8, 4) is 73.2 Å². The summed E-state index contributed by atoms with van der Waals surface area (Å²) >= 11 is 0. The summed E-state index contributed by atoms with van der Waals surface area (Å²) in [5.41, 5.74) is 8.46. The molecule has 0 N–H and O–H groups in total. The Kier molecular flexibility index (Phi) is 6.23. The zero-order valence-corrected chi connectivity index (χ0v) is 29.3. The van der Waals surface area contributed by atoms with Gasteiger partial charge < -0.3 is 4.57 Å². The SMILES string of the molecule is [2H]c1c([2H])c([2H])c2c(c1[2H])c1c([2H])c([2H])c([2H])c([2H])c1n2-c1cc(-c2ccccc2)cc(-c2ccc(-c3cccc(-c4nc(-c5ccccc5)nc(-c5ccccc5)n4)c3)cc2)c1. The van der Waals surface area contributed by atoms with Crippen molar-refractivity contribution in [1.82, 2.24) is 19.5 Å². The van der Waals surface area contributed by atoms with Crippen LogP contribution in [0.3, 0.4) is 0 Å². The highest BCUT2D eigenvalue weighted by Crippen LogP contribution is 2.37. The van der Waals surface area contributed by atoms with Crippen molar-refractivity contribution in [3.63, 3.8) is 0 Å². The van der Waals surface area contributed by atoms with E-state index in [-0.39, 0.29) is 46.0 Å². The van der Waals surface area contributed by atoms with E-state index in [1.165, 1.54) is 0 Å². The zero-order valence-electron chi connectivity index (χ0n) is 37.3. The molecule has 0 bridgehead atoms. The summed E-state index contributed by atoms with van der Waals surface area (Å²) in [5.74, 6) is 1.70. The Labute approximate surface area is 331 Å². The quantitative estimate of drug-likeness (QED) is 0.165. The van der Waals surface area contributed by atoms with E-state index in [1.54, 1.807) is 4.57 Å². The molecule has 258 valence electrons. The van der Waals surface area contributed by atoms with Crippen molar-refractivity contribution >= 4 is 21.8 Å². The van der Waals surface area contributed by atoms with Gasteiger partial charge in [-0.25, -0.2) is 15.0 Å². The first-order valence-electron chi connectivity index (χ1n) is 21.9. The van der Waals surface area contributed by atoms with Gasteiger partial charge in [-0.2, -0.15) is 0 Å². The fraction of sp³-hybridized carbons (Fsp3) is 0. The molecule has 10 aromatic rings. The van der Waals surface area contributed by atoms with E-state index in [0.29, 0.717) is 23.2 Å². The maximum atomic E-state index is 9.07. The maximum absolute atomic E-state index is 9.07. The third-order valence-corrected chi connectivity index (χ3v) is 9.69. The van der Waals surface area contributed by atoms with Gasteiger partial charge in [-0.15, -0.1) is 0 Å². The number of rotatable bonds is 7. The van der Waals surface area contributed by atoms with Crippen LogP contribution in [0.25, 0.3) is 95.0 Å². The molecule has 0 unspecified atom stereocenters. The molecule has 0 aliphatic rings. The van der Waals surface area contributed by atoms with Crippen molar-refractivity contribution in [2.45, 2.75) is 0 Å². The lowest BCUT2D eigenvalue weighted by atomic mass is 9.95. The van der Waals surface area contributed by atoms with Crippen molar-refractivity contribution in [2.75, 3.05) is 0 Å². The van der Waals surface area contributed by atoms with Gasteiger partial charge in [-0.1, -0.05) is 170 Å².